The molecule has 16 heavy (non-hydrogen) atoms. The summed E-state index contributed by atoms with van der Waals surface area (Å²) in [4.78, 5) is 0. The first-order valence-corrected chi connectivity index (χ1v) is 7.23. The fraction of sp³-hybridized carbons (Fsp3) is 1.00. The van der Waals surface area contributed by atoms with E-state index in [-0.39, 0.29) is 0 Å². The zero-order chi connectivity index (χ0) is 11.6. The smallest absolute Gasteiger partial charge is 0.0147 e. The molecule has 0 aromatic heterocycles. The van der Waals surface area contributed by atoms with Crippen LogP contribution in [0, 0.1) is 0 Å². The molecule has 1 heterocycles. The van der Waals surface area contributed by atoms with E-state index in [1.165, 1.54) is 12.8 Å². The summed E-state index contributed by atoms with van der Waals surface area (Å²) in [6.45, 7) is 8.98. The van der Waals surface area contributed by atoms with Crippen LogP contribution in [0.5, 0.6) is 0 Å². The van der Waals surface area contributed by atoms with Crippen molar-refractivity contribution in [1.29, 1.82) is 0 Å². The normalized spacial score (nSPS) is 25.1. The molecule has 0 aromatic carbocycles. The monoisotopic (exact) mass is 264 g/mol. The molecule has 6 heteroatoms. The Morgan fingerprint density at radius 1 is 0.625 bits per heavy atom. The van der Waals surface area contributed by atoms with Crippen molar-refractivity contribution in [3.63, 3.8) is 0 Å². The number of hydrogen-bond acceptors (Lipinski definition) is 4. The van der Waals surface area contributed by atoms with E-state index in [1.807, 2.05) is 0 Å². The van der Waals surface area contributed by atoms with Gasteiger partial charge in [0.1, 0.15) is 0 Å². The molecule has 1 saturated heterocycles. The van der Waals surface area contributed by atoms with Crippen molar-refractivity contribution >= 4 is 18.8 Å². The molecule has 0 spiro atoms. The Labute approximate surface area is 104 Å². The van der Waals surface area contributed by atoms with E-state index in [0.29, 0.717) is 0 Å². The Morgan fingerprint density at radius 2 is 1.06 bits per heavy atom. The maximum absolute atomic E-state index is 3.46. The summed E-state index contributed by atoms with van der Waals surface area (Å²) in [7, 11) is 5.66. The minimum atomic E-state index is 1.08. The average Bonchev–Trinajstić information content (AvgIpc) is 2.28. The Balaban J connectivity index is 2.20. The van der Waals surface area contributed by atoms with Crippen LogP contribution in [0.2, 0.25) is 0 Å². The van der Waals surface area contributed by atoms with Gasteiger partial charge in [0.05, 0.1) is 0 Å². The minimum Gasteiger partial charge on any atom is -0.315 e. The zero-order valence-electron chi connectivity index (χ0n) is 10.1. The van der Waals surface area contributed by atoms with Crippen LogP contribution in [-0.4, -0.2) is 61.7 Å². The van der Waals surface area contributed by atoms with Gasteiger partial charge < -0.3 is 10.6 Å². The molecule has 2 atom stereocenters. The number of rotatable bonds is 0. The lowest BCUT2D eigenvalue weighted by Gasteiger charge is -2.22. The maximum Gasteiger partial charge on any atom is 0.0147 e. The van der Waals surface area contributed by atoms with Crippen LogP contribution < -0.4 is 10.6 Å². The van der Waals surface area contributed by atoms with Crippen molar-refractivity contribution in [2.45, 2.75) is 12.8 Å². The fourth-order valence-electron chi connectivity index (χ4n) is 1.72. The van der Waals surface area contributed by atoms with Gasteiger partial charge in [-0.2, -0.15) is 0 Å². The van der Waals surface area contributed by atoms with Gasteiger partial charge in [0, 0.05) is 39.3 Å². The summed E-state index contributed by atoms with van der Waals surface area (Å²) in [5.74, 6) is 0. The van der Waals surface area contributed by atoms with Crippen molar-refractivity contribution in [2.24, 2.45) is 0 Å². The molecule has 0 bridgehead atoms. The molecule has 0 aliphatic carbocycles. The average molecular weight is 264 g/mol. The summed E-state index contributed by atoms with van der Waals surface area (Å²) >= 11 is 0. The summed E-state index contributed by atoms with van der Waals surface area (Å²) in [5.41, 5.74) is 0. The summed E-state index contributed by atoms with van der Waals surface area (Å²) in [6.07, 6.45) is 2.45. The van der Waals surface area contributed by atoms with Crippen LogP contribution in [-0.2, 0) is 0 Å². The minimum absolute atomic E-state index is 1.08. The summed E-state index contributed by atoms with van der Waals surface area (Å²) < 4.78 is 4.67. The maximum atomic E-state index is 3.46. The van der Waals surface area contributed by atoms with E-state index in [9.17, 15) is 0 Å². The Bertz CT molecular complexity index is 153. The van der Waals surface area contributed by atoms with Crippen molar-refractivity contribution in [3.05, 3.63) is 0 Å². The Morgan fingerprint density at radius 3 is 1.50 bits per heavy atom. The van der Waals surface area contributed by atoms with Gasteiger partial charge in [-0.3, -0.25) is 9.34 Å². The second-order valence-corrected chi connectivity index (χ2v) is 5.74. The molecule has 0 amide bonds. The van der Waals surface area contributed by atoms with E-state index in [2.05, 4.69) is 38.8 Å². The predicted molar refractivity (Wildman–Crippen MR) is 77.5 cm³/mol. The van der Waals surface area contributed by atoms with E-state index < -0.39 is 0 Å². The highest BCUT2D eigenvalue weighted by atomic mass is 31.0. The van der Waals surface area contributed by atoms with E-state index in [1.54, 1.807) is 0 Å². The first-order valence-electron chi connectivity index (χ1n) is 6.20. The van der Waals surface area contributed by atoms with Gasteiger partial charge in [-0.15, -0.1) is 0 Å². The molecule has 4 nitrogen and oxygen atoms in total. The van der Waals surface area contributed by atoms with Crippen molar-refractivity contribution in [1.82, 2.24) is 20.0 Å². The van der Waals surface area contributed by atoms with Crippen LogP contribution in [0.3, 0.4) is 0 Å². The molecule has 1 fully saturated rings. The Hall–Kier alpha value is 0.700. The molecule has 2 unspecified atom stereocenters. The number of hydrogen-bond donors (Lipinski definition) is 2. The molecule has 1 rings (SSSR count). The van der Waals surface area contributed by atoms with Crippen LogP contribution >= 0.6 is 18.8 Å². The van der Waals surface area contributed by atoms with E-state index in [0.717, 1.165) is 52.4 Å². The molecule has 2 N–H and O–H groups in total. The standard InChI is InChI=1S/C10H26N4P2/c15-13-7-1-3-11-5-6-12-4-2-8-14(16)10-9-13/h11-12H,1-10,15-16H2. The molecule has 1 aliphatic rings. The fourth-order valence-corrected chi connectivity index (χ4v) is 2.32. The van der Waals surface area contributed by atoms with Crippen LogP contribution in [0.25, 0.3) is 0 Å². The van der Waals surface area contributed by atoms with Crippen molar-refractivity contribution in [3.8, 4) is 0 Å². The SMILES string of the molecule is PN1CCCNCCNCCCN(P)CC1. The molecule has 1 aliphatic heterocycles. The third-order valence-corrected chi connectivity index (χ3v) is 3.78. The molecule has 96 valence electrons. The number of nitrogens with one attached hydrogen (secondary N) is 2. The molecular formula is C10H26N4P2. The molecular weight excluding hydrogens is 238 g/mol. The van der Waals surface area contributed by atoms with E-state index >= 15 is 0 Å². The quantitative estimate of drug-likeness (QED) is 0.610. The molecule has 0 aromatic rings. The molecule has 0 radical (unpaired) electrons. The number of nitrogens with zero attached hydrogens (tertiary/aromatic N) is 2. The Kier molecular flexibility index (Phi) is 8.95. The first-order chi connectivity index (χ1) is 7.79. The van der Waals surface area contributed by atoms with Gasteiger partial charge in [-0.25, -0.2) is 0 Å². The zero-order valence-corrected chi connectivity index (χ0v) is 12.4. The lowest BCUT2D eigenvalue weighted by Crippen LogP contribution is -2.33. The lowest BCUT2D eigenvalue weighted by atomic mass is 10.3. The van der Waals surface area contributed by atoms with Gasteiger partial charge in [0.15, 0.2) is 0 Å². The summed E-state index contributed by atoms with van der Waals surface area (Å²) in [6, 6.07) is 0. The van der Waals surface area contributed by atoms with Crippen LogP contribution in [0.1, 0.15) is 12.8 Å². The largest absolute Gasteiger partial charge is 0.315 e. The summed E-state index contributed by atoms with van der Waals surface area (Å²) in [5, 5.41) is 6.91. The van der Waals surface area contributed by atoms with Crippen LogP contribution in [0.4, 0.5) is 0 Å². The predicted octanol–water partition coefficient (Wildman–Crippen LogP) is 0.144. The van der Waals surface area contributed by atoms with Gasteiger partial charge in [0.2, 0.25) is 0 Å². The topological polar surface area (TPSA) is 30.5 Å². The molecule has 0 saturated carbocycles. The second kappa shape index (κ2) is 9.70. The van der Waals surface area contributed by atoms with Crippen molar-refractivity contribution < 1.29 is 0 Å². The highest BCUT2D eigenvalue weighted by molar-refractivity contribution is 7.13. The third kappa shape index (κ3) is 7.89. The van der Waals surface area contributed by atoms with Gasteiger partial charge >= 0.3 is 0 Å². The first kappa shape index (κ1) is 14.8. The third-order valence-electron chi connectivity index (χ3n) is 2.75. The van der Waals surface area contributed by atoms with Crippen molar-refractivity contribution in [2.75, 3.05) is 52.4 Å². The van der Waals surface area contributed by atoms with Gasteiger partial charge in [0.25, 0.3) is 0 Å². The van der Waals surface area contributed by atoms with Gasteiger partial charge in [-0.1, -0.05) is 18.8 Å². The van der Waals surface area contributed by atoms with E-state index in [4.69, 9.17) is 0 Å². The lowest BCUT2D eigenvalue weighted by molar-refractivity contribution is 0.372. The van der Waals surface area contributed by atoms with Gasteiger partial charge in [-0.05, 0) is 25.9 Å². The highest BCUT2D eigenvalue weighted by Gasteiger charge is 2.03. The second-order valence-electron chi connectivity index (χ2n) is 4.28. The van der Waals surface area contributed by atoms with Crippen LogP contribution in [0.15, 0.2) is 0 Å². The highest BCUT2D eigenvalue weighted by Crippen LogP contribution is 2.04.